The molecule has 108 valence electrons. The zero-order valence-electron chi connectivity index (χ0n) is 11.7. The van der Waals surface area contributed by atoms with Crippen molar-refractivity contribution >= 4 is 11.8 Å². The second-order valence-corrected chi connectivity index (χ2v) is 5.96. The average Bonchev–Trinajstić information content (AvgIpc) is 2.77. The fourth-order valence-electron chi connectivity index (χ4n) is 1.70. The van der Waals surface area contributed by atoms with Crippen LogP contribution in [-0.4, -0.2) is 15.8 Å². The van der Waals surface area contributed by atoms with Crippen molar-refractivity contribution in [1.29, 1.82) is 0 Å². The van der Waals surface area contributed by atoms with E-state index in [2.05, 4.69) is 10.4 Å². The van der Waals surface area contributed by atoms with Crippen LogP contribution in [-0.2, 0) is 13.6 Å². The first-order chi connectivity index (χ1) is 9.45. The van der Waals surface area contributed by atoms with Gasteiger partial charge in [0.25, 0.3) is 0 Å². The smallest absolute Gasteiger partial charge is 0.140 e. The van der Waals surface area contributed by atoms with Gasteiger partial charge in [-0.2, -0.15) is 5.10 Å². The molecule has 2 rings (SSSR count). The Labute approximate surface area is 121 Å². The monoisotopic (exact) mass is 297 g/mol. The van der Waals surface area contributed by atoms with E-state index in [1.807, 2.05) is 13.8 Å². The predicted molar refractivity (Wildman–Crippen MR) is 75.7 cm³/mol. The number of halogens is 2. The van der Waals surface area contributed by atoms with Crippen LogP contribution in [0.25, 0.3) is 0 Å². The number of aromatic nitrogens is 2. The maximum Gasteiger partial charge on any atom is 0.140 e. The van der Waals surface area contributed by atoms with E-state index in [1.54, 1.807) is 24.1 Å². The number of aryl methyl sites for hydroxylation is 1. The Morgan fingerprint density at radius 2 is 1.95 bits per heavy atom. The molecular formula is C14H17F2N3S. The summed E-state index contributed by atoms with van der Waals surface area (Å²) in [5.41, 5.74) is 0.601. The topological polar surface area (TPSA) is 29.9 Å². The van der Waals surface area contributed by atoms with Gasteiger partial charge in [-0.3, -0.25) is 4.68 Å². The van der Waals surface area contributed by atoms with E-state index in [0.29, 0.717) is 17.0 Å². The molecule has 0 saturated heterocycles. The summed E-state index contributed by atoms with van der Waals surface area (Å²) in [7, 11) is 1.76. The zero-order chi connectivity index (χ0) is 14.7. The van der Waals surface area contributed by atoms with Gasteiger partial charge in [0.1, 0.15) is 11.6 Å². The molecule has 1 aromatic heterocycles. The molecule has 2 aromatic rings. The summed E-state index contributed by atoms with van der Waals surface area (Å²) in [6.45, 7) is 4.42. The standard InChI is InChI=1S/C14H17F2N3S/c1-9(2)17-6-10-4-12(15)14(13(16)5-10)20-11-7-18-19(3)8-11/h4-5,7-9,17H,6H2,1-3H3. The largest absolute Gasteiger partial charge is 0.310 e. The van der Waals surface area contributed by atoms with Crippen molar-refractivity contribution in [2.45, 2.75) is 36.2 Å². The van der Waals surface area contributed by atoms with Crippen LogP contribution >= 0.6 is 11.8 Å². The number of rotatable bonds is 5. The lowest BCUT2D eigenvalue weighted by atomic mass is 10.2. The van der Waals surface area contributed by atoms with Crippen LogP contribution in [0.4, 0.5) is 8.78 Å². The molecule has 1 aromatic carbocycles. The van der Waals surface area contributed by atoms with Gasteiger partial charge in [-0.15, -0.1) is 0 Å². The number of hydrogen-bond donors (Lipinski definition) is 1. The summed E-state index contributed by atoms with van der Waals surface area (Å²) >= 11 is 1.04. The van der Waals surface area contributed by atoms with Crippen LogP contribution in [0.15, 0.2) is 34.3 Å². The Morgan fingerprint density at radius 3 is 2.45 bits per heavy atom. The first-order valence-electron chi connectivity index (χ1n) is 6.33. The van der Waals surface area contributed by atoms with Crippen molar-refractivity contribution < 1.29 is 8.78 Å². The Hall–Kier alpha value is -1.40. The van der Waals surface area contributed by atoms with Crippen molar-refractivity contribution in [2.24, 2.45) is 7.05 Å². The Balaban J connectivity index is 2.18. The van der Waals surface area contributed by atoms with Gasteiger partial charge in [0.15, 0.2) is 0 Å². The Kier molecular flexibility index (Phi) is 4.77. The van der Waals surface area contributed by atoms with Crippen molar-refractivity contribution in [3.8, 4) is 0 Å². The third-order valence-electron chi connectivity index (χ3n) is 2.67. The maximum atomic E-state index is 14.0. The van der Waals surface area contributed by atoms with Crippen LogP contribution in [0.1, 0.15) is 19.4 Å². The molecule has 0 fully saturated rings. The Bertz CT molecular complexity index is 573. The SMILES string of the molecule is CC(C)NCc1cc(F)c(Sc2cnn(C)c2)c(F)c1. The minimum absolute atomic E-state index is 0.00583. The molecule has 1 heterocycles. The van der Waals surface area contributed by atoms with E-state index >= 15 is 0 Å². The predicted octanol–water partition coefficient (Wildman–Crippen LogP) is 3.35. The minimum atomic E-state index is -0.542. The average molecular weight is 297 g/mol. The van der Waals surface area contributed by atoms with Gasteiger partial charge >= 0.3 is 0 Å². The van der Waals surface area contributed by atoms with Gasteiger partial charge < -0.3 is 5.32 Å². The van der Waals surface area contributed by atoms with Crippen LogP contribution in [0.5, 0.6) is 0 Å². The molecule has 0 aliphatic carbocycles. The Morgan fingerprint density at radius 1 is 1.30 bits per heavy atom. The highest BCUT2D eigenvalue weighted by Crippen LogP contribution is 2.32. The normalized spacial score (nSPS) is 11.3. The van der Waals surface area contributed by atoms with E-state index in [4.69, 9.17) is 0 Å². The molecular weight excluding hydrogens is 280 g/mol. The summed E-state index contributed by atoms with van der Waals surface area (Å²) < 4.78 is 29.6. The summed E-state index contributed by atoms with van der Waals surface area (Å²) in [6.07, 6.45) is 3.30. The maximum absolute atomic E-state index is 14.0. The molecule has 6 heteroatoms. The fraction of sp³-hybridized carbons (Fsp3) is 0.357. The lowest BCUT2D eigenvalue weighted by Gasteiger charge is -2.10. The quantitative estimate of drug-likeness (QED) is 0.918. The van der Waals surface area contributed by atoms with Crippen molar-refractivity contribution in [3.63, 3.8) is 0 Å². The first-order valence-corrected chi connectivity index (χ1v) is 7.15. The first kappa shape index (κ1) is 15.0. The van der Waals surface area contributed by atoms with E-state index in [9.17, 15) is 8.78 Å². The van der Waals surface area contributed by atoms with Crippen molar-refractivity contribution in [1.82, 2.24) is 15.1 Å². The molecule has 0 atom stereocenters. The molecule has 0 radical (unpaired) electrons. The lowest BCUT2D eigenvalue weighted by Crippen LogP contribution is -2.22. The van der Waals surface area contributed by atoms with Gasteiger partial charge in [0.2, 0.25) is 0 Å². The molecule has 0 saturated carbocycles. The molecule has 20 heavy (non-hydrogen) atoms. The summed E-state index contributed by atoms with van der Waals surface area (Å²) in [4.78, 5) is 0.713. The van der Waals surface area contributed by atoms with E-state index < -0.39 is 11.6 Å². The van der Waals surface area contributed by atoms with Crippen LogP contribution in [0.2, 0.25) is 0 Å². The second-order valence-electron chi connectivity index (χ2n) is 4.88. The summed E-state index contributed by atoms with van der Waals surface area (Å²) in [5.74, 6) is -1.08. The summed E-state index contributed by atoms with van der Waals surface area (Å²) in [6, 6.07) is 3.01. The molecule has 0 spiro atoms. The third-order valence-corrected chi connectivity index (χ3v) is 3.71. The van der Waals surface area contributed by atoms with Gasteiger partial charge in [0, 0.05) is 25.8 Å². The number of hydrogen-bond acceptors (Lipinski definition) is 3. The van der Waals surface area contributed by atoms with Crippen molar-refractivity contribution in [2.75, 3.05) is 0 Å². The highest BCUT2D eigenvalue weighted by atomic mass is 32.2. The molecule has 0 bridgehead atoms. The molecule has 3 nitrogen and oxygen atoms in total. The zero-order valence-corrected chi connectivity index (χ0v) is 12.5. The number of benzene rings is 1. The summed E-state index contributed by atoms with van der Waals surface area (Å²) in [5, 5.41) is 7.11. The minimum Gasteiger partial charge on any atom is -0.310 e. The molecule has 1 N–H and O–H groups in total. The van der Waals surface area contributed by atoms with Crippen LogP contribution in [0, 0.1) is 11.6 Å². The third kappa shape index (κ3) is 3.80. The van der Waals surface area contributed by atoms with E-state index in [0.717, 1.165) is 11.8 Å². The van der Waals surface area contributed by atoms with Crippen molar-refractivity contribution in [3.05, 3.63) is 41.7 Å². The van der Waals surface area contributed by atoms with E-state index in [1.165, 1.54) is 12.1 Å². The second kappa shape index (κ2) is 6.37. The lowest BCUT2D eigenvalue weighted by molar-refractivity contribution is 0.529. The fourth-order valence-corrected chi connectivity index (χ4v) is 2.56. The van der Waals surface area contributed by atoms with Crippen LogP contribution < -0.4 is 5.32 Å². The molecule has 0 aliphatic heterocycles. The van der Waals surface area contributed by atoms with Gasteiger partial charge in [-0.25, -0.2) is 8.78 Å². The number of nitrogens with one attached hydrogen (secondary N) is 1. The van der Waals surface area contributed by atoms with Gasteiger partial charge in [0.05, 0.1) is 16.0 Å². The van der Waals surface area contributed by atoms with Gasteiger partial charge in [-0.1, -0.05) is 25.6 Å². The van der Waals surface area contributed by atoms with Gasteiger partial charge in [-0.05, 0) is 17.7 Å². The van der Waals surface area contributed by atoms with Crippen LogP contribution in [0.3, 0.4) is 0 Å². The highest BCUT2D eigenvalue weighted by Gasteiger charge is 2.13. The number of nitrogens with zero attached hydrogens (tertiary/aromatic N) is 2. The molecule has 0 amide bonds. The van der Waals surface area contributed by atoms with E-state index in [-0.39, 0.29) is 10.9 Å². The molecule has 0 unspecified atom stereocenters. The highest BCUT2D eigenvalue weighted by molar-refractivity contribution is 7.99. The molecule has 0 aliphatic rings.